The number of para-hydroxylation sites is 1. The Morgan fingerprint density at radius 2 is 2.04 bits per heavy atom. The second-order valence-corrected chi connectivity index (χ2v) is 6.81. The number of carbonyl (C=O) groups excluding carboxylic acids is 1. The molecule has 0 saturated heterocycles. The van der Waals surface area contributed by atoms with E-state index >= 15 is 0 Å². The Balaban J connectivity index is 1.76. The van der Waals surface area contributed by atoms with E-state index in [2.05, 4.69) is 10.4 Å². The van der Waals surface area contributed by atoms with E-state index < -0.39 is 5.41 Å². The van der Waals surface area contributed by atoms with Crippen LogP contribution in [0.25, 0.3) is 5.69 Å². The number of amides is 1. The molecular formula is C18H19N3OS. The molecule has 1 aromatic carbocycles. The molecule has 0 atom stereocenters. The van der Waals surface area contributed by atoms with Crippen molar-refractivity contribution >= 4 is 17.2 Å². The van der Waals surface area contributed by atoms with Crippen LogP contribution in [-0.4, -0.2) is 15.7 Å². The summed E-state index contributed by atoms with van der Waals surface area (Å²) in [7, 11) is 0. The molecule has 23 heavy (non-hydrogen) atoms. The molecule has 5 heteroatoms. The summed E-state index contributed by atoms with van der Waals surface area (Å²) in [5.74, 6) is 0.0234. The molecule has 3 aromatic rings. The highest BCUT2D eigenvalue weighted by atomic mass is 32.1. The fourth-order valence-corrected chi connectivity index (χ4v) is 3.29. The number of thiophene rings is 1. The van der Waals surface area contributed by atoms with Crippen molar-refractivity contribution in [2.45, 2.75) is 25.8 Å². The van der Waals surface area contributed by atoms with Crippen molar-refractivity contribution in [1.82, 2.24) is 15.1 Å². The molecule has 0 aliphatic carbocycles. The molecule has 2 heterocycles. The highest BCUT2D eigenvalue weighted by molar-refractivity contribution is 7.10. The number of aromatic nitrogens is 2. The van der Waals surface area contributed by atoms with Gasteiger partial charge in [-0.3, -0.25) is 4.79 Å². The van der Waals surface area contributed by atoms with Crippen LogP contribution in [-0.2, 0) is 16.8 Å². The van der Waals surface area contributed by atoms with Gasteiger partial charge in [-0.2, -0.15) is 5.10 Å². The molecular weight excluding hydrogens is 306 g/mol. The van der Waals surface area contributed by atoms with Gasteiger partial charge in [0, 0.05) is 23.8 Å². The fraction of sp³-hybridized carbons (Fsp3) is 0.222. The van der Waals surface area contributed by atoms with Crippen molar-refractivity contribution in [2.24, 2.45) is 0 Å². The number of carbonyl (C=O) groups is 1. The van der Waals surface area contributed by atoms with E-state index in [0.717, 1.165) is 16.1 Å². The second kappa shape index (κ2) is 6.38. The van der Waals surface area contributed by atoms with Crippen molar-refractivity contribution in [3.63, 3.8) is 0 Å². The smallest absolute Gasteiger partial charge is 0.231 e. The van der Waals surface area contributed by atoms with Crippen molar-refractivity contribution in [2.75, 3.05) is 0 Å². The molecule has 4 nitrogen and oxygen atoms in total. The first-order valence-corrected chi connectivity index (χ1v) is 8.37. The lowest BCUT2D eigenvalue weighted by Crippen LogP contribution is -2.39. The van der Waals surface area contributed by atoms with Gasteiger partial charge in [-0.15, -0.1) is 11.3 Å². The van der Waals surface area contributed by atoms with Gasteiger partial charge in [-0.1, -0.05) is 24.3 Å². The summed E-state index contributed by atoms with van der Waals surface area (Å²) >= 11 is 1.61. The molecule has 118 valence electrons. The van der Waals surface area contributed by atoms with E-state index in [1.807, 2.05) is 72.6 Å². The monoisotopic (exact) mass is 325 g/mol. The molecule has 0 aliphatic rings. The minimum atomic E-state index is -0.533. The molecule has 2 aromatic heterocycles. The van der Waals surface area contributed by atoms with Crippen LogP contribution in [0.15, 0.2) is 60.2 Å². The lowest BCUT2D eigenvalue weighted by atomic mass is 9.90. The lowest BCUT2D eigenvalue weighted by Gasteiger charge is -2.22. The van der Waals surface area contributed by atoms with Crippen LogP contribution >= 0.6 is 11.3 Å². The van der Waals surface area contributed by atoms with Gasteiger partial charge >= 0.3 is 0 Å². The van der Waals surface area contributed by atoms with Crippen LogP contribution < -0.4 is 5.32 Å². The molecule has 0 radical (unpaired) electrons. The average Bonchev–Trinajstić information content (AvgIpc) is 3.25. The van der Waals surface area contributed by atoms with Gasteiger partial charge in [0.05, 0.1) is 11.1 Å². The van der Waals surface area contributed by atoms with Crippen LogP contribution in [0.3, 0.4) is 0 Å². The zero-order chi connectivity index (χ0) is 16.3. The molecule has 0 unspecified atom stereocenters. The predicted molar refractivity (Wildman–Crippen MR) is 92.8 cm³/mol. The first kappa shape index (κ1) is 15.5. The Kier molecular flexibility index (Phi) is 4.30. The Hall–Kier alpha value is -2.40. The maximum atomic E-state index is 12.6. The maximum Gasteiger partial charge on any atom is 0.231 e. The summed E-state index contributed by atoms with van der Waals surface area (Å²) in [4.78, 5) is 13.7. The minimum absolute atomic E-state index is 0.0234. The molecule has 0 spiro atoms. The Morgan fingerprint density at radius 3 is 2.74 bits per heavy atom. The van der Waals surface area contributed by atoms with Gasteiger partial charge < -0.3 is 5.32 Å². The van der Waals surface area contributed by atoms with Crippen LogP contribution in [0.2, 0.25) is 0 Å². The third-order valence-corrected chi connectivity index (χ3v) is 5.08. The predicted octanol–water partition coefficient (Wildman–Crippen LogP) is 3.53. The maximum absolute atomic E-state index is 12.6. The van der Waals surface area contributed by atoms with E-state index in [9.17, 15) is 4.79 Å². The zero-order valence-electron chi connectivity index (χ0n) is 13.2. The van der Waals surface area contributed by atoms with Crippen molar-refractivity contribution in [3.05, 3.63) is 70.7 Å². The van der Waals surface area contributed by atoms with Gasteiger partial charge in [0.1, 0.15) is 0 Å². The van der Waals surface area contributed by atoms with Gasteiger partial charge in [-0.25, -0.2) is 4.68 Å². The van der Waals surface area contributed by atoms with E-state index in [1.54, 1.807) is 17.5 Å². The van der Waals surface area contributed by atoms with E-state index in [1.165, 1.54) is 0 Å². The highest BCUT2D eigenvalue weighted by Gasteiger charge is 2.30. The molecule has 0 fully saturated rings. The SMILES string of the molecule is CC(C)(C(=O)NCc1ccccc1-n1cccn1)c1cccs1. The zero-order valence-corrected chi connectivity index (χ0v) is 14.0. The molecule has 1 amide bonds. The van der Waals surface area contributed by atoms with Crippen molar-refractivity contribution in [1.29, 1.82) is 0 Å². The van der Waals surface area contributed by atoms with Gasteiger partial charge in [0.25, 0.3) is 0 Å². The van der Waals surface area contributed by atoms with Gasteiger partial charge in [0.2, 0.25) is 5.91 Å². The quantitative estimate of drug-likeness (QED) is 0.780. The van der Waals surface area contributed by atoms with Crippen LogP contribution in [0.4, 0.5) is 0 Å². The van der Waals surface area contributed by atoms with Crippen LogP contribution in [0.1, 0.15) is 24.3 Å². The van der Waals surface area contributed by atoms with E-state index in [-0.39, 0.29) is 5.91 Å². The number of nitrogens with one attached hydrogen (secondary N) is 1. The number of benzene rings is 1. The first-order valence-electron chi connectivity index (χ1n) is 7.49. The summed E-state index contributed by atoms with van der Waals surface area (Å²) in [5, 5.41) is 9.32. The Labute approximate surface area is 139 Å². The first-order chi connectivity index (χ1) is 11.1. The Morgan fingerprint density at radius 1 is 1.22 bits per heavy atom. The lowest BCUT2D eigenvalue weighted by molar-refractivity contribution is -0.125. The standard InChI is InChI=1S/C18H19N3OS/c1-18(2,16-9-5-12-23-16)17(22)19-13-14-7-3-4-8-15(14)21-11-6-10-20-21/h3-12H,13H2,1-2H3,(H,19,22). The number of hydrogen-bond acceptors (Lipinski definition) is 3. The van der Waals surface area contributed by atoms with Gasteiger partial charge in [-0.05, 0) is 43.0 Å². The van der Waals surface area contributed by atoms with Crippen molar-refractivity contribution in [3.8, 4) is 5.69 Å². The third-order valence-electron chi connectivity index (χ3n) is 3.89. The fourth-order valence-electron chi connectivity index (χ4n) is 2.44. The van der Waals surface area contributed by atoms with Crippen molar-refractivity contribution < 1.29 is 4.79 Å². The van der Waals surface area contributed by atoms with E-state index in [0.29, 0.717) is 6.54 Å². The normalized spacial score (nSPS) is 11.4. The number of rotatable bonds is 5. The molecule has 0 aliphatic heterocycles. The number of hydrogen-bond donors (Lipinski definition) is 1. The largest absolute Gasteiger partial charge is 0.351 e. The summed E-state index contributed by atoms with van der Waals surface area (Å²) < 4.78 is 1.81. The molecule has 0 bridgehead atoms. The average molecular weight is 325 g/mol. The van der Waals surface area contributed by atoms with Crippen LogP contribution in [0.5, 0.6) is 0 Å². The molecule has 1 N–H and O–H groups in total. The molecule has 3 rings (SSSR count). The topological polar surface area (TPSA) is 46.9 Å². The summed E-state index contributed by atoms with van der Waals surface area (Å²) in [6, 6.07) is 13.8. The third kappa shape index (κ3) is 3.19. The van der Waals surface area contributed by atoms with Crippen LogP contribution in [0, 0.1) is 0 Å². The summed E-state index contributed by atoms with van der Waals surface area (Å²) in [6.45, 7) is 4.38. The summed E-state index contributed by atoms with van der Waals surface area (Å²) in [6.07, 6.45) is 3.64. The highest BCUT2D eigenvalue weighted by Crippen LogP contribution is 2.27. The minimum Gasteiger partial charge on any atom is -0.351 e. The summed E-state index contributed by atoms with van der Waals surface area (Å²) in [5.41, 5.74) is 1.48. The van der Waals surface area contributed by atoms with Gasteiger partial charge in [0.15, 0.2) is 0 Å². The molecule has 0 saturated carbocycles. The second-order valence-electron chi connectivity index (χ2n) is 5.86. The van der Waals surface area contributed by atoms with E-state index in [4.69, 9.17) is 0 Å². The Bertz CT molecular complexity index is 776. The number of nitrogens with zero attached hydrogens (tertiary/aromatic N) is 2.